The number of halogens is 3. The van der Waals surface area contributed by atoms with Gasteiger partial charge in [-0.05, 0) is 54.1 Å². The van der Waals surface area contributed by atoms with Gasteiger partial charge in [-0.25, -0.2) is 27.9 Å². The lowest BCUT2D eigenvalue weighted by atomic mass is 10.1. The monoisotopic (exact) mass is 541 g/mol. The predicted molar refractivity (Wildman–Crippen MR) is 142 cm³/mol. The van der Waals surface area contributed by atoms with Crippen LogP contribution in [0.3, 0.4) is 0 Å². The molecule has 2 aromatic heterocycles. The molecule has 0 fully saturated rings. The number of carbonyl (C=O) groups is 2. The molecule has 8 nitrogen and oxygen atoms in total. The molecule has 2 aromatic carbocycles. The summed E-state index contributed by atoms with van der Waals surface area (Å²) >= 11 is 0. The summed E-state index contributed by atoms with van der Waals surface area (Å²) in [6.45, 7) is -0.134. The number of pyridine rings is 1. The standard InChI is InChI=1S/C27H26F3N5O3.CH4/c1-35(25(36)10-6-17-3-2-4-22(29)26(17)30)21(8-9-23-31-11-12-32-23)16-38-27(37)34-24-14-19-13-20(28)7-5-18(19)15-33-24;/h2-5,7,11-15,21H,6,8-10,16H2,1H3,(H,31,32)(H,33,34,37);1H4/t21-;/m0./s1. The van der Waals surface area contributed by atoms with Crippen molar-refractivity contribution < 1.29 is 27.5 Å². The molecule has 39 heavy (non-hydrogen) atoms. The van der Waals surface area contributed by atoms with Gasteiger partial charge >= 0.3 is 6.09 Å². The summed E-state index contributed by atoms with van der Waals surface area (Å²) in [6, 6.07) is 9.08. The highest BCUT2D eigenvalue weighted by Gasteiger charge is 2.23. The number of nitrogens with one attached hydrogen (secondary N) is 2. The first-order chi connectivity index (χ1) is 18.3. The van der Waals surface area contributed by atoms with E-state index in [1.807, 2.05) is 0 Å². The van der Waals surface area contributed by atoms with E-state index in [1.165, 1.54) is 41.4 Å². The van der Waals surface area contributed by atoms with Gasteiger partial charge in [-0.15, -0.1) is 0 Å². The van der Waals surface area contributed by atoms with Gasteiger partial charge < -0.3 is 14.6 Å². The van der Waals surface area contributed by atoms with Crippen LogP contribution in [0.2, 0.25) is 0 Å². The summed E-state index contributed by atoms with van der Waals surface area (Å²) in [7, 11) is 1.57. The maximum Gasteiger partial charge on any atom is 0.412 e. The van der Waals surface area contributed by atoms with Crippen LogP contribution in [0.15, 0.2) is 61.1 Å². The van der Waals surface area contributed by atoms with Crippen LogP contribution in [0, 0.1) is 17.5 Å². The van der Waals surface area contributed by atoms with Gasteiger partial charge in [0.1, 0.15) is 24.1 Å². The summed E-state index contributed by atoms with van der Waals surface area (Å²) in [5, 5.41) is 3.78. The Morgan fingerprint density at radius 3 is 2.67 bits per heavy atom. The molecule has 0 aliphatic rings. The molecule has 206 valence electrons. The Balaban J connectivity index is 0.00000420. The SMILES string of the molecule is C.CN(C(=O)CCc1cccc(F)c1F)[C@@H](CCc1ncc[nH]1)COC(=O)Nc1cc2cc(F)ccc2cn1. The number of benzene rings is 2. The smallest absolute Gasteiger partial charge is 0.412 e. The lowest BCUT2D eigenvalue weighted by molar-refractivity contribution is -0.132. The molecule has 0 spiro atoms. The molecule has 0 radical (unpaired) electrons. The van der Waals surface area contributed by atoms with Crippen molar-refractivity contribution in [2.24, 2.45) is 0 Å². The van der Waals surface area contributed by atoms with Crippen molar-refractivity contribution in [1.82, 2.24) is 19.9 Å². The first-order valence-electron chi connectivity index (χ1n) is 12.0. The van der Waals surface area contributed by atoms with Crippen molar-refractivity contribution in [1.29, 1.82) is 0 Å². The summed E-state index contributed by atoms with van der Waals surface area (Å²) < 4.78 is 46.4. The number of rotatable bonds is 10. The van der Waals surface area contributed by atoms with Gasteiger partial charge in [-0.2, -0.15) is 0 Å². The molecule has 4 rings (SSSR count). The molecule has 1 atom stereocenters. The van der Waals surface area contributed by atoms with Crippen molar-refractivity contribution in [2.75, 3.05) is 19.0 Å². The van der Waals surface area contributed by atoms with Crippen molar-refractivity contribution in [3.63, 3.8) is 0 Å². The average molecular weight is 542 g/mol. The van der Waals surface area contributed by atoms with Crippen LogP contribution in [0.4, 0.5) is 23.8 Å². The molecule has 0 aliphatic carbocycles. The first kappa shape index (κ1) is 29.2. The number of carbonyl (C=O) groups excluding carboxylic acids is 2. The molecule has 0 saturated carbocycles. The van der Waals surface area contributed by atoms with Crippen LogP contribution in [0.1, 0.15) is 31.7 Å². The van der Waals surface area contributed by atoms with Crippen LogP contribution < -0.4 is 5.32 Å². The Labute approximate surface area is 224 Å². The topological polar surface area (TPSA) is 100 Å². The Kier molecular flexibility index (Phi) is 10.0. The number of aromatic nitrogens is 3. The molecular formula is C28H30F3N5O3. The van der Waals surface area contributed by atoms with E-state index in [-0.39, 0.29) is 44.2 Å². The Bertz CT molecular complexity index is 1420. The minimum atomic E-state index is -0.970. The maximum atomic E-state index is 14.0. The van der Waals surface area contributed by atoms with E-state index < -0.39 is 29.6 Å². The largest absolute Gasteiger partial charge is 0.447 e. The van der Waals surface area contributed by atoms with Gasteiger partial charge in [0.2, 0.25) is 5.91 Å². The fourth-order valence-corrected chi connectivity index (χ4v) is 3.98. The van der Waals surface area contributed by atoms with Crippen molar-refractivity contribution in [3.8, 4) is 0 Å². The van der Waals surface area contributed by atoms with E-state index in [2.05, 4.69) is 20.3 Å². The van der Waals surface area contributed by atoms with Crippen molar-refractivity contribution in [2.45, 2.75) is 39.2 Å². The number of amides is 2. The lowest BCUT2D eigenvalue weighted by Crippen LogP contribution is -2.41. The molecule has 2 N–H and O–H groups in total. The van der Waals surface area contributed by atoms with Crippen LogP contribution >= 0.6 is 0 Å². The second-order valence-corrected chi connectivity index (χ2v) is 8.73. The Morgan fingerprint density at radius 2 is 1.90 bits per heavy atom. The molecule has 2 amide bonds. The highest BCUT2D eigenvalue weighted by Crippen LogP contribution is 2.19. The highest BCUT2D eigenvalue weighted by atomic mass is 19.2. The van der Waals surface area contributed by atoms with Crippen LogP contribution in [-0.4, -0.2) is 51.5 Å². The Hall–Kier alpha value is -4.41. The van der Waals surface area contributed by atoms with Gasteiger partial charge in [0.15, 0.2) is 11.6 Å². The van der Waals surface area contributed by atoms with E-state index in [0.717, 1.165) is 6.07 Å². The maximum absolute atomic E-state index is 14.0. The average Bonchev–Trinajstić information content (AvgIpc) is 3.42. The minimum Gasteiger partial charge on any atom is -0.447 e. The zero-order valence-corrected chi connectivity index (χ0v) is 20.6. The zero-order chi connectivity index (χ0) is 27.1. The molecule has 0 saturated heterocycles. The predicted octanol–water partition coefficient (Wildman–Crippen LogP) is 5.65. The number of aryl methyl sites for hydroxylation is 2. The van der Waals surface area contributed by atoms with Crippen LogP contribution in [-0.2, 0) is 22.4 Å². The fourth-order valence-electron chi connectivity index (χ4n) is 3.98. The molecule has 4 aromatic rings. The third kappa shape index (κ3) is 7.79. The summed E-state index contributed by atoms with van der Waals surface area (Å²) in [5.41, 5.74) is 0.109. The van der Waals surface area contributed by atoms with E-state index in [4.69, 9.17) is 4.74 Å². The van der Waals surface area contributed by atoms with E-state index in [9.17, 15) is 22.8 Å². The number of H-pyrrole nitrogens is 1. The number of ether oxygens (including phenoxy) is 1. The van der Waals surface area contributed by atoms with Crippen LogP contribution in [0.25, 0.3) is 10.8 Å². The van der Waals surface area contributed by atoms with Gasteiger partial charge in [0, 0.05) is 43.9 Å². The lowest BCUT2D eigenvalue weighted by Gasteiger charge is -2.28. The second kappa shape index (κ2) is 13.4. The molecule has 0 aliphatic heterocycles. The first-order valence-corrected chi connectivity index (χ1v) is 12.0. The second-order valence-electron chi connectivity index (χ2n) is 8.73. The van der Waals surface area contributed by atoms with Crippen molar-refractivity contribution in [3.05, 3.63) is 89.9 Å². The van der Waals surface area contributed by atoms with Crippen molar-refractivity contribution >= 4 is 28.6 Å². The Morgan fingerprint density at radius 1 is 1.08 bits per heavy atom. The molecular weight excluding hydrogens is 511 g/mol. The third-order valence-corrected chi connectivity index (χ3v) is 6.17. The number of fused-ring (bicyclic) bond motifs is 1. The van der Waals surface area contributed by atoms with E-state index in [0.29, 0.717) is 29.4 Å². The van der Waals surface area contributed by atoms with E-state index in [1.54, 1.807) is 25.5 Å². The minimum absolute atomic E-state index is 0. The number of anilines is 1. The van der Waals surface area contributed by atoms with Gasteiger partial charge in [0.05, 0.1) is 6.04 Å². The molecule has 0 bridgehead atoms. The fraction of sp³-hybridized carbons (Fsp3) is 0.286. The summed E-state index contributed by atoms with van der Waals surface area (Å²) in [6.07, 6.45) is 4.87. The van der Waals surface area contributed by atoms with Crippen LogP contribution in [0.5, 0.6) is 0 Å². The van der Waals surface area contributed by atoms with Gasteiger partial charge in [-0.1, -0.05) is 19.6 Å². The number of hydrogen-bond donors (Lipinski definition) is 2. The highest BCUT2D eigenvalue weighted by molar-refractivity contribution is 5.89. The number of nitrogens with zero attached hydrogens (tertiary/aromatic N) is 3. The summed E-state index contributed by atoms with van der Waals surface area (Å²) in [5.74, 6) is -1.78. The number of imidazole rings is 1. The third-order valence-electron chi connectivity index (χ3n) is 6.17. The number of hydrogen-bond acceptors (Lipinski definition) is 5. The number of aromatic amines is 1. The zero-order valence-electron chi connectivity index (χ0n) is 20.6. The van der Waals surface area contributed by atoms with E-state index >= 15 is 0 Å². The normalized spacial score (nSPS) is 11.5. The van der Waals surface area contributed by atoms with Gasteiger partial charge in [-0.3, -0.25) is 10.1 Å². The number of likely N-dealkylation sites (N-methyl/N-ethyl adjacent to an activating group) is 1. The molecule has 11 heteroatoms. The molecule has 0 unspecified atom stereocenters. The molecule has 2 heterocycles. The quantitative estimate of drug-likeness (QED) is 0.270. The van der Waals surface area contributed by atoms with Gasteiger partial charge in [0.25, 0.3) is 0 Å². The summed E-state index contributed by atoms with van der Waals surface area (Å²) in [4.78, 5) is 38.1.